The van der Waals surface area contributed by atoms with Gasteiger partial charge in [-0.3, -0.25) is 0 Å². The Hall–Kier alpha value is -0.520. The number of hydrogen-bond donors (Lipinski definition) is 0. The molecule has 1 aliphatic carbocycles. The van der Waals surface area contributed by atoms with Crippen molar-refractivity contribution in [3.8, 4) is 0 Å². The van der Waals surface area contributed by atoms with E-state index in [2.05, 4.69) is 20.1 Å². The van der Waals surface area contributed by atoms with E-state index in [4.69, 9.17) is 0 Å². The first-order valence-electron chi connectivity index (χ1n) is 2.11. The zero-order chi connectivity index (χ0) is 4.73. The predicted molar refractivity (Wildman–Crippen MR) is 27.4 cm³/mol. The molecule has 0 aliphatic heterocycles. The van der Waals surface area contributed by atoms with Crippen molar-refractivity contribution in [2.24, 2.45) is 5.92 Å². The normalized spacial score (nSPS) is 22.2. The van der Waals surface area contributed by atoms with Crippen LogP contribution < -0.4 is 0 Å². The number of hydrogen-bond acceptors (Lipinski definition) is 0. The van der Waals surface area contributed by atoms with E-state index in [1.54, 1.807) is 0 Å². The molecule has 0 atom stereocenters. The van der Waals surface area contributed by atoms with Crippen LogP contribution in [0.25, 0.3) is 0 Å². The Morgan fingerprint density at radius 2 is 1.50 bits per heavy atom. The van der Waals surface area contributed by atoms with Gasteiger partial charge in [-0.2, -0.15) is 0 Å². The van der Waals surface area contributed by atoms with E-state index in [-0.39, 0.29) is 0 Å². The predicted octanol–water partition coefficient (Wildman–Crippen LogP) is 1.75. The lowest BCUT2D eigenvalue weighted by atomic mass is 10.5. The summed E-state index contributed by atoms with van der Waals surface area (Å²) < 4.78 is 0. The molecule has 1 aliphatic rings. The third kappa shape index (κ3) is 0.238. The molecule has 6 heavy (non-hydrogen) atoms. The van der Waals surface area contributed by atoms with Crippen LogP contribution in [0.3, 0.4) is 0 Å². The van der Waals surface area contributed by atoms with Crippen molar-refractivity contribution < 1.29 is 0 Å². The Labute approximate surface area is 38.2 Å². The van der Waals surface area contributed by atoms with Crippen molar-refractivity contribution in [3.63, 3.8) is 0 Å². The molecule has 0 heterocycles. The van der Waals surface area contributed by atoms with Gasteiger partial charge in [-0.1, -0.05) is 20.1 Å². The quantitative estimate of drug-likeness (QED) is 0.416. The SMILES string of the molecule is C=C1C(=C)C1C. The summed E-state index contributed by atoms with van der Waals surface area (Å²) in [4.78, 5) is 0. The van der Waals surface area contributed by atoms with Gasteiger partial charge in [-0.25, -0.2) is 0 Å². The molecule has 1 rings (SSSR count). The van der Waals surface area contributed by atoms with Gasteiger partial charge in [0.05, 0.1) is 0 Å². The molecule has 0 radical (unpaired) electrons. The van der Waals surface area contributed by atoms with Crippen molar-refractivity contribution in [2.45, 2.75) is 6.92 Å². The topological polar surface area (TPSA) is 0 Å². The smallest absolute Gasteiger partial charge is 0.00547 e. The highest BCUT2D eigenvalue weighted by Gasteiger charge is 2.26. The van der Waals surface area contributed by atoms with Crippen molar-refractivity contribution >= 4 is 0 Å². The zero-order valence-corrected chi connectivity index (χ0v) is 3.99. The van der Waals surface area contributed by atoms with Gasteiger partial charge in [0, 0.05) is 5.92 Å². The lowest BCUT2D eigenvalue weighted by Gasteiger charge is -1.57. The minimum absolute atomic E-state index is 0.630. The first kappa shape index (κ1) is 3.66. The summed E-state index contributed by atoms with van der Waals surface area (Å²) in [6.45, 7) is 9.57. The number of allylic oxidation sites excluding steroid dienone is 2. The van der Waals surface area contributed by atoms with E-state index in [1.807, 2.05) is 0 Å². The fraction of sp³-hybridized carbons (Fsp3) is 0.333. The van der Waals surface area contributed by atoms with Gasteiger partial charge >= 0.3 is 0 Å². The molecule has 0 amide bonds. The summed E-state index contributed by atoms with van der Waals surface area (Å²) in [5, 5.41) is 0. The number of rotatable bonds is 0. The highest BCUT2D eigenvalue weighted by atomic mass is 14.3. The van der Waals surface area contributed by atoms with Gasteiger partial charge in [0.1, 0.15) is 0 Å². The van der Waals surface area contributed by atoms with Crippen LogP contribution in [-0.4, -0.2) is 0 Å². The molecule has 1 fully saturated rings. The fourth-order valence-electron chi connectivity index (χ4n) is 0.462. The molecule has 0 unspecified atom stereocenters. The van der Waals surface area contributed by atoms with E-state index < -0.39 is 0 Å². The maximum atomic E-state index is 3.73. The van der Waals surface area contributed by atoms with Crippen LogP contribution in [0.2, 0.25) is 0 Å². The lowest BCUT2D eigenvalue weighted by Crippen LogP contribution is -1.48. The Balaban J connectivity index is 2.75. The van der Waals surface area contributed by atoms with E-state index in [1.165, 1.54) is 11.1 Å². The monoisotopic (exact) mass is 80.1 g/mol. The first-order chi connectivity index (χ1) is 2.73. The standard InChI is InChI=1S/C6H8/c1-4-5(2)6(4)3/h6H,1-2H2,3H3. The van der Waals surface area contributed by atoms with Crippen LogP contribution >= 0.6 is 0 Å². The van der Waals surface area contributed by atoms with Gasteiger partial charge in [-0.15, -0.1) is 0 Å². The Bertz CT molecular complexity index is 95.2. The van der Waals surface area contributed by atoms with E-state index in [0.29, 0.717) is 5.92 Å². The van der Waals surface area contributed by atoms with Crippen molar-refractivity contribution in [3.05, 3.63) is 24.3 Å². The van der Waals surface area contributed by atoms with Gasteiger partial charge in [0.2, 0.25) is 0 Å². The van der Waals surface area contributed by atoms with E-state index in [9.17, 15) is 0 Å². The molecule has 0 aromatic rings. The van der Waals surface area contributed by atoms with Crippen LogP contribution in [0.1, 0.15) is 6.92 Å². The summed E-state index contributed by atoms with van der Waals surface area (Å²) in [5.41, 5.74) is 2.46. The van der Waals surface area contributed by atoms with Gasteiger partial charge < -0.3 is 0 Å². The zero-order valence-electron chi connectivity index (χ0n) is 3.99. The second-order valence-electron chi connectivity index (χ2n) is 1.77. The summed E-state index contributed by atoms with van der Waals surface area (Å²) >= 11 is 0. The molecule has 0 aromatic heterocycles. The fourth-order valence-corrected chi connectivity index (χ4v) is 0.462. The van der Waals surface area contributed by atoms with Crippen LogP contribution in [0, 0.1) is 5.92 Å². The molecule has 0 N–H and O–H groups in total. The maximum Gasteiger partial charge on any atom is 0.00547 e. The van der Waals surface area contributed by atoms with Crippen LogP contribution in [0.4, 0.5) is 0 Å². The van der Waals surface area contributed by atoms with Crippen molar-refractivity contribution in [1.29, 1.82) is 0 Å². The molecule has 0 heteroatoms. The summed E-state index contributed by atoms with van der Waals surface area (Å²) in [5.74, 6) is 0.630. The average molecular weight is 80.1 g/mol. The van der Waals surface area contributed by atoms with Crippen LogP contribution in [0.15, 0.2) is 24.3 Å². The van der Waals surface area contributed by atoms with Crippen LogP contribution in [0.5, 0.6) is 0 Å². The van der Waals surface area contributed by atoms with Crippen molar-refractivity contribution in [1.82, 2.24) is 0 Å². The summed E-state index contributed by atoms with van der Waals surface area (Å²) in [6.07, 6.45) is 0. The second kappa shape index (κ2) is 0.754. The van der Waals surface area contributed by atoms with Crippen LogP contribution in [-0.2, 0) is 0 Å². The lowest BCUT2D eigenvalue weighted by molar-refractivity contribution is 1.10. The third-order valence-corrected chi connectivity index (χ3v) is 1.37. The molecule has 0 nitrogen and oxygen atoms in total. The van der Waals surface area contributed by atoms with Gasteiger partial charge in [0.25, 0.3) is 0 Å². The van der Waals surface area contributed by atoms with E-state index in [0.717, 1.165) is 0 Å². The summed E-state index contributed by atoms with van der Waals surface area (Å²) in [7, 11) is 0. The Morgan fingerprint density at radius 1 is 1.33 bits per heavy atom. The largest absolute Gasteiger partial charge is 0.0949 e. The highest BCUT2D eigenvalue weighted by Crippen LogP contribution is 2.40. The average Bonchev–Trinajstić information content (AvgIpc) is 1.94. The Morgan fingerprint density at radius 3 is 1.50 bits per heavy atom. The second-order valence-corrected chi connectivity index (χ2v) is 1.77. The van der Waals surface area contributed by atoms with Crippen molar-refractivity contribution in [2.75, 3.05) is 0 Å². The highest BCUT2D eigenvalue weighted by molar-refractivity contribution is 5.50. The maximum absolute atomic E-state index is 3.73. The molecule has 0 bridgehead atoms. The molecular weight excluding hydrogens is 72.1 g/mol. The molecule has 32 valence electrons. The minimum Gasteiger partial charge on any atom is -0.0949 e. The molecular formula is C6H8. The minimum atomic E-state index is 0.630. The molecule has 1 saturated carbocycles. The Kier molecular flexibility index (Phi) is 0.461. The molecule has 0 spiro atoms. The van der Waals surface area contributed by atoms with E-state index >= 15 is 0 Å². The van der Waals surface area contributed by atoms with Gasteiger partial charge in [0.15, 0.2) is 0 Å². The summed E-state index contributed by atoms with van der Waals surface area (Å²) in [6, 6.07) is 0. The van der Waals surface area contributed by atoms with Gasteiger partial charge in [-0.05, 0) is 11.1 Å². The molecule has 0 aromatic carbocycles. The third-order valence-electron chi connectivity index (χ3n) is 1.37. The molecule has 0 saturated heterocycles. The first-order valence-corrected chi connectivity index (χ1v) is 2.11.